The largest absolute Gasteiger partial charge is 0.306 e. The van der Waals surface area contributed by atoms with Crippen LogP contribution in [0.15, 0.2) is 42.6 Å². The van der Waals surface area contributed by atoms with Crippen molar-refractivity contribution in [2.45, 2.75) is 6.92 Å². The van der Waals surface area contributed by atoms with Gasteiger partial charge in [0, 0.05) is 24.4 Å². The number of tetrazole rings is 1. The summed E-state index contributed by atoms with van der Waals surface area (Å²) in [6.45, 7) is 1.89. The Morgan fingerprint density at radius 2 is 2.09 bits per heavy atom. The SMILES string of the molecule is Cc1cccnc1NC(=O)c1cccc(-c2nnnn2C)c1. The van der Waals surface area contributed by atoms with E-state index in [1.807, 2.05) is 25.1 Å². The fourth-order valence-electron chi connectivity index (χ4n) is 2.07. The standard InChI is InChI=1S/C15H14N6O/c1-10-5-4-8-16-13(10)17-15(22)12-7-3-6-11(9-12)14-18-19-20-21(14)2/h3-9H,1-2H3,(H,16,17,22). The molecule has 0 saturated heterocycles. The number of pyridine rings is 1. The Balaban J connectivity index is 1.88. The number of carbonyl (C=O) groups excluding carboxylic acids is 1. The molecule has 3 rings (SSSR count). The molecule has 0 fully saturated rings. The zero-order valence-corrected chi connectivity index (χ0v) is 12.2. The molecule has 0 radical (unpaired) electrons. The van der Waals surface area contributed by atoms with E-state index in [2.05, 4.69) is 25.8 Å². The molecule has 0 aliphatic heterocycles. The van der Waals surface area contributed by atoms with E-state index in [1.165, 1.54) is 0 Å². The van der Waals surface area contributed by atoms with Gasteiger partial charge in [-0.2, -0.15) is 0 Å². The summed E-state index contributed by atoms with van der Waals surface area (Å²) in [5.41, 5.74) is 2.20. The number of carbonyl (C=O) groups is 1. The third-order valence-electron chi connectivity index (χ3n) is 3.24. The summed E-state index contributed by atoms with van der Waals surface area (Å²) in [5, 5.41) is 14.1. The molecular weight excluding hydrogens is 280 g/mol. The highest BCUT2D eigenvalue weighted by Gasteiger charge is 2.11. The van der Waals surface area contributed by atoms with Crippen LogP contribution in [0.4, 0.5) is 5.82 Å². The fraction of sp³-hybridized carbons (Fsp3) is 0.133. The molecule has 1 amide bonds. The van der Waals surface area contributed by atoms with Crippen LogP contribution in [-0.2, 0) is 7.05 Å². The first-order chi connectivity index (χ1) is 10.6. The first kappa shape index (κ1) is 13.9. The number of amides is 1. The number of aromatic nitrogens is 5. The normalized spacial score (nSPS) is 10.5. The van der Waals surface area contributed by atoms with Gasteiger partial charge in [-0.25, -0.2) is 9.67 Å². The number of aryl methyl sites for hydroxylation is 2. The Morgan fingerprint density at radius 1 is 1.23 bits per heavy atom. The van der Waals surface area contributed by atoms with E-state index >= 15 is 0 Å². The molecule has 0 atom stereocenters. The summed E-state index contributed by atoms with van der Waals surface area (Å²) in [6.07, 6.45) is 1.64. The molecule has 110 valence electrons. The van der Waals surface area contributed by atoms with Crippen LogP contribution in [0.25, 0.3) is 11.4 Å². The fourth-order valence-corrected chi connectivity index (χ4v) is 2.07. The van der Waals surface area contributed by atoms with Crippen LogP contribution in [0.2, 0.25) is 0 Å². The van der Waals surface area contributed by atoms with Crippen molar-refractivity contribution in [3.63, 3.8) is 0 Å². The zero-order chi connectivity index (χ0) is 15.5. The first-order valence-electron chi connectivity index (χ1n) is 6.71. The molecule has 1 aromatic carbocycles. The maximum Gasteiger partial charge on any atom is 0.256 e. The van der Waals surface area contributed by atoms with Crippen LogP contribution in [0.3, 0.4) is 0 Å². The molecule has 22 heavy (non-hydrogen) atoms. The highest BCUT2D eigenvalue weighted by atomic mass is 16.1. The van der Waals surface area contributed by atoms with E-state index in [1.54, 1.807) is 36.1 Å². The minimum absolute atomic E-state index is 0.223. The van der Waals surface area contributed by atoms with Crippen molar-refractivity contribution in [2.24, 2.45) is 7.05 Å². The van der Waals surface area contributed by atoms with Gasteiger partial charge in [0.15, 0.2) is 5.82 Å². The number of benzene rings is 1. The van der Waals surface area contributed by atoms with Gasteiger partial charge < -0.3 is 5.32 Å². The first-order valence-corrected chi connectivity index (χ1v) is 6.71. The van der Waals surface area contributed by atoms with Crippen LogP contribution in [-0.4, -0.2) is 31.1 Å². The van der Waals surface area contributed by atoms with E-state index in [4.69, 9.17) is 0 Å². The molecule has 0 unspecified atom stereocenters. The molecule has 7 heteroatoms. The maximum absolute atomic E-state index is 12.4. The van der Waals surface area contributed by atoms with Gasteiger partial charge in [-0.05, 0) is 41.1 Å². The van der Waals surface area contributed by atoms with Crippen molar-refractivity contribution in [2.75, 3.05) is 5.32 Å². The quantitative estimate of drug-likeness (QED) is 0.796. The van der Waals surface area contributed by atoms with Crippen molar-refractivity contribution < 1.29 is 4.79 Å². The lowest BCUT2D eigenvalue weighted by atomic mass is 10.1. The molecule has 0 aliphatic carbocycles. The molecule has 7 nitrogen and oxygen atoms in total. The summed E-state index contributed by atoms with van der Waals surface area (Å²) in [4.78, 5) is 16.5. The number of hydrogen-bond donors (Lipinski definition) is 1. The summed E-state index contributed by atoms with van der Waals surface area (Å²) < 4.78 is 1.56. The predicted octanol–water partition coefficient (Wildman–Crippen LogP) is 1.83. The summed E-state index contributed by atoms with van der Waals surface area (Å²) in [7, 11) is 1.75. The Bertz CT molecular complexity index is 826. The number of nitrogens with one attached hydrogen (secondary N) is 1. The molecule has 0 aliphatic rings. The molecule has 0 spiro atoms. The van der Waals surface area contributed by atoms with Gasteiger partial charge in [-0.3, -0.25) is 4.79 Å². The molecule has 2 aromatic heterocycles. The van der Waals surface area contributed by atoms with E-state index in [-0.39, 0.29) is 5.91 Å². The maximum atomic E-state index is 12.4. The van der Waals surface area contributed by atoms with Crippen molar-refractivity contribution in [3.05, 3.63) is 53.7 Å². The number of rotatable bonds is 3. The smallest absolute Gasteiger partial charge is 0.256 e. The summed E-state index contributed by atoms with van der Waals surface area (Å²) >= 11 is 0. The lowest BCUT2D eigenvalue weighted by Gasteiger charge is -2.07. The van der Waals surface area contributed by atoms with Gasteiger partial charge in [0.25, 0.3) is 5.91 Å². The van der Waals surface area contributed by atoms with E-state index in [0.717, 1.165) is 11.1 Å². The second-order valence-corrected chi connectivity index (χ2v) is 4.83. The zero-order valence-electron chi connectivity index (χ0n) is 12.2. The Hall–Kier alpha value is -3.09. The topological polar surface area (TPSA) is 85.6 Å². The highest BCUT2D eigenvalue weighted by Crippen LogP contribution is 2.18. The van der Waals surface area contributed by atoms with Crippen molar-refractivity contribution in [1.29, 1.82) is 0 Å². The minimum atomic E-state index is -0.223. The average Bonchev–Trinajstić information content (AvgIpc) is 2.96. The third-order valence-corrected chi connectivity index (χ3v) is 3.24. The molecule has 0 saturated carbocycles. The van der Waals surface area contributed by atoms with E-state index in [9.17, 15) is 4.79 Å². The van der Waals surface area contributed by atoms with Crippen LogP contribution in [0, 0.1) is 6.92 Å². The van der Waals surface area contributed by atoms with Crippen LogP contribution in [0.5, 0.6) is 0 Å². The van der Waals surface area contributed by atoms with Crippen LogP contribution in [0.1, 0.15) is 15.9 Å². The van der Waals surface area contributed by atoms with Gasteiger partial charge in [0.2, 0.25) is 0 Å². The monoisotopic (exact) mass is 294 g/mol. The Morgan fingerprint density at radius 3 is 2.82 bits per heavy atom. The van der Waals surface area contributed by atoms with E-state index in [0.29, 0.717) is 17.2 Å². The van der Waals surface area contributed by atoms with Gasteiger partial charge in [-0.15, -0.1) is 5.10 Å². The van der Waals surface area contributed by atoms with Gasteiger partial charge in [0.1, 0.15) is 5.82 Å². The van der Waals surface area contributed by atoms with Gasteiger partial charge >= 0.3 is 0 Å². The number of nitrogens with zero attached hydrogens (tertiary/aromatic N) is 5. The van der Waals surface area contributed by atoms with Crippen LogP contribution < -0.4 is 5.32 Å². The highest BCUT2D eigenvalue weighted by molar-refractivity contribution is 6.04. The molecular formula is C15H14N6O. The molecule has 3 aromatic rings. The van der Waals surface area contributed by atoms with Crippen molar-refractivity contribution in [1.82, 2.24) is 25.2 Å². The average molecular weight is 294 g/mol. The molecule has 0 bridgehead atoms. The Labute approximate surface area is 127 Å². The minimum Gasteiger partial charge on any atom is -0.306 e. The lowest BCUT2D eigenvalue weighted by molar-refractivity contribution is 0.102. The third kappa shape index (κ3) is 2.69. The van der Waals surface area contributed by atoms with Gasteiger partial charge in [0.05, 0.1) is 0 Å². The summed E-state index contributed by atoms with van der Waals surface area (Å²) in [5.74, 6) is 0.931. The van der Waals surface area contributed by atoms with Gasteiger partial charge in [-0.1, -0.05) is 18.2 Å². The number of hydrogen-bond acceptors (Lipinski definition) is 5. The molecule has 2 heterocycles. The Kier molecular flexibility index (Phi) is 3.61. The lowest BCUT2D eigenvalue weighted by Crippen LogP contribution is -2.14. The van der Waals surface area contributed by atoms with Crippen molar-refractivity contribution in [3.8, 4) is 11.4 Å². The second kappa shape index (κ2) is 5.72. The van der Waals surface area contributed by atoms with E-state index < -0.39 is 0 Å². The van der Waals surface area contributed by atoms with Crippen LogP contribution >= 0.6 is 0 Å². The molecule has 1 N–H and O–H groups in total. The second-order valence-electron chi connectivity index (χ2n) is 4.83. The summed E-state index contributed by atoms with van der Waals surface area (Å²) in [6, 6.07) is 10.9. The number of anilines is 1. The van der Waals surface area contributed by atoms with Crippen molar-refractivity contribution >= 4 is 11.7 Å². The predicted molar refractivity (Wildman–Crippen MR) is 81.2 cm³/mol.